The molecule has 16 aromatic rings. The van der Waals surface area contributed by atoms with Gasteiger partial charge in [0.2, 0.25) is 11.2 Å². The van der Waals surface area contributed by atoms with Crippen molar-refractivity contribution in [2.45, 2.75) is 115 Å². The van der Waals surface area contributed by atoms with E-state index in [0.29, 0.717) is 104 Å². The highest BCUT2D eigenvalue weighted by atomic mass is 35.5. The van der Waals surface area contributed by atoms with Crippen LogP contribution < -0.4 is 49.2 Å². The molecule has 0 radical (unpaired) electrons. The lowest BCUT2D eigenvalue weighted by Gasteiger charge is -2.21. The van der Waals surface area contributed by atoms with Crippen LogP contribution in [0.25, 0.3) is 82.3 Å². The molecule has 116 heavy (non-hydrogen) atoms. The number of para-hydroxylation sites is 1. The summed E-state index contributed by atoms with van der Waals surface area (Å²) in [5.74, 6) is 0.485. The third kappa shape index (κ3) is 15.6. The van der Waals surface area contributed by atoms with Crippen LogP contribution in [-0.4, -0.2) is 88.0 Å². The van der Waals surface area contributed by atoms with Gasteiger partial charge in [0.05, 0.1) is 78.5 Å². The number of benzene rings is 5. The SMILES string of the molecule is C[C@H](Nc1nc(Cl)nc2nc[nH]c12)c1cc2cccc(Cl)c2c(=O)n1C1CC1.C[C@H](Nc1nc(F)nc2nc[nH]c12)c1cc2cccc(Cl)c2c(=O)n1C1CC1.C[C@H](Nc1ncc(C(F)(F)F)c(N)n1)c1cc2cccc(Cl)c2c(=O)n1-c1ccccc1.C[C@H](Nc1ncnc2nc(F)[nH]c12)c1cc2cccc(Cl)c2c(=O)n1C1CC1. The first-order valence-electron chi connectivity index (χ1n) is 36.5. The Labute approximate surface area is 677 Å². The number of nitrogens with zero attached hydrogens (tertiary/aromatic N) is 15. The van der Waals surface area contributed by atoms with E-state index in [9.17, 15) is 41.1 Å². The number of nitrogens with two attached hydrogens (primary N) is 1. The minimum absolute atomic E-state index is 0.0540. The number of fused-ring (bicyclic) bond motifs is 7. The van der Waals surface area contributed by atoms with Gasteiger partial charge < -0.3 is 55.7 Å². The smallest absolute Gasteiger partial charge is 0.383 e. The van der Waals surface area contributed by atoms with Crippen LogP contribution in [0.15, 0.2) is 172 Å². The molecule has 3 saturated carbocycles. The summed E-state index contributed by atoms with van der Waals surface area (Å²) >= 11 is 31.2. The maximum atomic E-state index is 13.8. The Morgan fingerprint density at radius 3 is 1.34 bits per heavy atom. The number of H-pyrrole nitrogens is 3. The van der Waals surface area contributed by atoms with Crippen molar-refractivity contribution in [3.05, 3.63) is 260 Å². The topological polar surface area (TPSA) is 351 Å². The van der Waals surface area contributed by atoms with E-state index < -0.39 is 35.8 Å². The van der Waals surface area contributed by atoms with E-state index >= 15 is 0 Å². The predicted octanol–water partition coefficient (Wildman–Crippen LogP) is 17.6. The fourth-order valence-electron chi connectivity index (χ4n) is 14.2. The molecule has 0 spiro atoms. The Kier molecular flexibility index (Phi) is 21.1. The second kappa shape index (κ2) is 31.5. The first kappa shape index (κ1) is 77.7. The summed E-state index contributed by atoms with van der Waals surface area (Å²) in [6, 6.07) is 37.4. The van der Waals surface area contributed by atoms with Gasteiger partial charge in [-0.3, -0.25) is 23.7 Å². The van der Waals surface area contributed by atoms with Crippen LogP contribution in [0.1, 0.15) is 137 Å². The number of alkyl halides is 3. The van der Waals surface area contributed by atoms with Gasteiger partial charge in [0.15, 0.2) is 34.4 Å². The molecule has 19 rings (SSSR count). The van der Waals surface area contributed by atoms with Crippen LogP contribution in [0.5, 0.6) is 0 Å². The molecule has 590 valence electrons. The van der Waals surface area contributed by atoms with Gasteiger partial charge in [-0.15, -0.1) is 0 Å². The zero-order valence-corrected chi connectivity index (χ0v) is 65.2. The molecule has 4 atom stereocenters. The normalized spacial score (nSPS) is 14.5. The summed E-state index contributed by atoms with van der Waals surface area (Å²) < 4.78 is 73.1. The summed E-state index contributed by atoms with van der Waals surface area (Å²) in [4.78, 5) is 105. The van der Waals surface area contributed by atoms with Crippen LogP contribution in [-0.2, 0) is 6.18 Å². The Balaban J connectivity index is 0.000000116. The summed E-state index contributed by atoms with van der Waals surface area (Å²) in [5.41, 5.74) is 9.98. The molecule has 5 aromatic carbocycles. The molecule has 37 heteroatoms. The van der Waals surface area contributed by atoms with E-state index in [1.165, 1.54) is 17.2 Å². The molecule has 0 bridgehead atoms. The van der Waals surface area contributed by atoms with Crippen molar-refractivity contribution in [2.75, 3.05) is 27.0 Å². The van der Waals surface area contributed by atoms with E-state index in [0.717, 1.165) is 71.8 Å². The van der Waals surface area contributed by atoms with Gasteiger partial charge in [0.25, 0.3) is 28.3 Å². The number of hydrogen-bond acceptors (Lipinski definition) is 20. The highest BCUT2D eigenvalue weighted by Crippen LogP contribution is 2.42. The van der Waals surface area contributed by atoms with Crippen LogP contribution in [0.4, 0.5) is 51.2 Å². The molecule has 3 aliphatic rings. The zero-order valence-electron chi connectivity index (χ0n) is 61.4. The molecular formula is C79H65Cl5F5N23O4. The Morgan fingerprint density at radius 1 is 0.457 bits per heavy atom. The minimum Gasteiger partial charge on any atom is -0.383 e. The maximum absolute atomic E-state index is 13.8. The van der Waals surface area contributed by atoms with Crippen molar-refractivity contribution in [1.29, 1.82) is 0 Å². The first-order valence-corrected chi connectivity index (χ1v) is 38.4. The number of aromatic amines is 3. The van der Waals surface area contributed by atoms with E-state index in [1.54, 1.807) is 84.5 Å². The van der Waals surface area contributed by atoms with Crippen LogP contribution in [0.3, 0.4) is 0 Å². The quantitative estimate of drug-likeness (QED) is 0.0253. The predicted molar refractivity (Wildman–Crippen MR) is 439 cm³/mol. The molecule has 11 aromatic heterocycles. The Hall–Kier alpha value is -12.2. The lowest BCUT2D eigenvalue weighted by atomic mass is 10.1. The summed E-state index contributed by atoms with van der Waals surface area (Å²) in [7, 11) is 0. The van der Waals surface area contributed by atoms with Gasteiger partial charge in [0.1, 0.15) is 34.3 Å². The number of pyridine rings is 4. The van der Waals surface area contributed by atoms with Gasteiger partial charge in [-0.25, -0.2) is 24.9 Å². The molecule has 0 saturated heterocycles. The van der Waals surface area contributed by atoms with Crippen molar-refractivity contribution in [2.24, 2.45) is 0 Å². The molecule has 0 unspecified atom stereocenters. The second-order valence-corrected chi connectivity index (χ2v) is 30.0. The van der Waals surface area contributed by atoms with E-state index in [4.69, 9.17) is 63.7 Å². The Bertz CT molecular complexity index is 6610. The number of hydrogen-bond donors (Lipinski definition) is 8. The lowest BCUT2D eigenvalue weighted by molar-refractivity contribution is -0.137. The monoisotopic (exact) mass is 1670 g/mol. The number of halogens is 10. The molecular weight excluding hydrogens is 1610 g/mol. The number of aromatic nitrogens is 18. The number of rotatable bonds is 16. The van der Waals surface area contributed by atoms with E-state index in [2.05, 4.69) is 91.0 Å². The Morgan fingerprint density at radius 2 is 0.879 bits per heavy atom. The number of nitrogen functional groups attached to an aromatic ring is 1. The fraction of sp³-hybridized carbons (Fsp3) is 0.228. The number of nitrogens with one attached hydrogen (secondary N) is 7. The fourth-order valence-corrected chi connectivity index (χ4v) is 15.4. The summed E-state index contributed by atoms with van der Waals surface area (Å²) in [5, 5.41) is 19.6. The second-order valence-electron chi connectivity index (χ2n) is 28.1. The standard InChI is InChI=1S/C22H17ClF3N5O.C19H16Cl2N6O.2C19H16ClFN6O/c1-12(29-21-28-11-15(19(27)30-21)22(24,25)26)17-10-13-6-5-9-16(23)18(13)20(32)31(17)14-7-3-2-4-8-14;1-9(24-17-15-16(23-8-22-15)25-19(21)26-17)13-7-10-3-2-4-12(20)14(10)18(28)27(13)11-5-6-11;1-9(24-16-15-17(23-8-22-16)26-19(21)25-15)13-7-10-3-2-4-12(20)14(10)18(28)27(13)11-5-6-11;1-9(24-17-15-16(23-8-22-15)25-19(21)26-17)13-7-10-3-2-4-12(20)14(10)18(28)27(13)11-5-6-11/h2-12H,1H3,(H3,27,28,29,30);3*2-4,7-9,11H,5-6H2,1H3,(H2,22,23,24,25,26)/t12-;3*9-/m0000/s1. The van der Waals surface area contributed by atoms with Gasteiger partial charge in [-0.1, -0.05) is 113 Å². The van der Waals surface area contributed by atoms with Gasteiger partial charge in [0, 0.05) is 52.8 Å². The van der Waals surface area contributed by atoms with Crippen molar-refractivity contribution in [3.63, 3.8) is 0 Å². The highest BCUT2D eigenvalue weighted by molar-refractivity contribution is 6.37. The highest BCUT2D eigenvalue weighted by Gasteiger charge is 2.36. The lowest BCUT2D eigenvalue weighted by Crippen LogP contribution is -2.26. The van der Waals surface area contributed by atoms with Gasteiger partial charge in [-0.2, -0.15) is 51.9 Å². The van der Waals surface area contributed by atoms with Crippen LogP contribution in [0.2, 0.25) is 25.4 Å². The molecule has 3 aliphatic carbocycles. The van der Waals surface area contributed by atoms with Crippen molar-refractivity contribution in [1.82, 2.24) is 88.0 Å². The molecule has 27 nitrogen and oxygen atoms in total. The summed E-state index contributed by atoms with van der Waals surface area (Å²) in [6.45, 7) is 7.57. The zero-order chi connectivity index (χ0) is 81.3. The average Bonchev–Trinajstić information content (AvgIpc) is 1.23. The molecule has 9 N–H and O–H groups in total. The van der Waals surface area contributed by atoms with Gasteiger partial charge in [-0.05, 0) is 160 Å². The van der Waals surface area contributed by atoms with E-state index in [1.807, 2.05) is 90.6 Å². The van der Waals surface area contributed by atoms with E-state index in [-0.39, 0.29) is 81.0 Å². The molecule has 11 heterocycles. The largest absolute Gasteiger partial charge is 0.421 e. The maximum Gasteiger partial charge on any atom is 0.421 e. The minimum atomic E-state index is -4.65. The molecule has 0 amide bonds. The van der Waals surface area contributed by atoms with Crippen LogP contribution >= 0.6 is 58.0 Å². The number of anilines is 5. The average molecular weight is 1670 g/mol. The van der Waals surface area contributed by atoms with Crippen molar-refractivity contribution in [3.8, 4) is 5.69 Å². The summed E-state index contributed by atoms with van der Waals surface area (Å²) in [6.07, 6.45) is 4.48. The first-order chi connectivity index (χ1) is 55.7. The van der Waals surface area contributed by atoms with Crippen molar-refractivity contribution < 1.29 is 22.0 Å². The van der Waals surface area contributed by atoms with Crippen LogP contribution in [0, 0.1) is 12.2 Å². The number of imidazole rings is 3. The van der Waals surface area contributed by atoms with Gasteiger partial charge >= 0.3 is 12.3 Å². The molecule has 0 aliphatic heterocycles. The third-order valence-corrected chi connectivity index (χ3v) is 21.5. The molecule has 3 fully saturated rings. The third-order valence-electron chi connectivity index (χ3n) is 20.0. The van der Waals surface area contributed by atoms with Crippen molar-refractivity contribution >= 4 is 164 Å².